The van der Waals surface area contributed by atoms with Crippen molar-refractivity contribution in [3.63, 3.8) is 0 Å². The van der Waals surface area contributed by atoms with Crippen LogP contribution >= 0.6 is 0 Å². The van der Waals surface area contributed by atoms with E-state index in [-0.39, 0.29) is 12.1 Å². The van der Waals surface area contributed by atoms with Crippen molar-refractivity contribution in [3.8, 4) is 5.75 Å². The maximum absolute atomic E-state index is 12.4. The number of aryl methyl sites for hydroxylation is 2. The summed E-state index contributed by atoms with van der Waals surface area (Å²) in [6.45, 7) is 1.99. The summed E-state index contributed by atoms with van der Waals surface area (Å²) in [6, 6.07) is 13.9. The minimum Gasteiger partial charge on any atom is -0.495 e. The molecule has 0 spiro atoms. The Kier molecular flexibility index (Phi) is 4.51. The molecule has 0 heterocycles. The molecule has 1 aliphatic rings. The number of hydrogen-bond acceptors (Lipinski definition) is 2. The lowest BCUT2D eigenvalue weighted by atomic mass is 9.88. The van der Waals surface area contributed by atoms with Crippen LogP contribution in [0.5, 0.6) is 5.75 Å². The first kappa shape index (κ1) is 15.4. The van der Waals surface area contributed by atoms with Crippen molar-refractivity contribution >= 4 is 11.7 Å². The Labute approximate surface area is 136 Å². The zero-order valence-electron chi connectivity index (χ0n) is 13.6. The SMILES string of the molecule is COc1ccc(C)cc1NC(=O)N[C@@H]1CCCc2ccccc21. The van der Waals surface area contributed by atoms with Gasteiger partial charge in [-0.2, -0.15) is 0 Å². The van der Waals surface area contributed by atoms with Crippen LogP contribution < -0.4 is 15.4 Å². The van der Waals surface area contributed by atoms with Gasteiger partial charge in [-0.3, -0.25) is 0 Å². The number of anilines is 1. The number of methoxy groups -OCH3 is 1. The predicted molar refractivity (Wildman–Crippen MR) is 92.0 cm³/mol. The quantitative estimate of drug-likeness (QED) is 0.892. The zero-order valence-corrected chi connectivity index (χ0v) is 13.6. The van der Waals surface area contributed by atoms with Gasteiger partial charge in [-0.25, -0.2) is 4.79 Å². The van der Waals surface area contributed by atoms with Crippen molar-refractivity contribution in [2.75, 3.05) is 12.4 Å². The van der Waals surface area contributed by atoms with E-state index in [1.54, 1.807) is 7.11 Å². The number of fused-ring (bicyclic) bond motifs is 1. The van der Waals surface area contributed by atoms with Crippen molar-refractivity contribution in [1.29, 1.82) is 0 Å². The van der Waals surface area contributed by atoms with Crippen LogP contribution in [0.1, 0.15) is 35.6 Å². The Morgan fingerprint density at radius 1 is 1.22 bits per heavy atom. The zero-order chi connectivity index (χ0) is 16.2. The Balaban J connectivity index is 1.73. The van der Waals surface area contributed by atoms with Crippen LogP contribution in [-0.4, -0.2) is 13.1 Å². The average molecular weight is 310 g/mol. The van der Waals surface area contributed by atoms with Crippen LogP contribution in [0.15, 0.2) is 42.5 Å². The van der Waals surface area contributed by atoms with E-state index in [1.807, 2.05) is 31.2 Å². The van der Waals surface area contributed by atoms with E-state index in [0.29, 0.717) is 11.4 Å². The van der Waals surface area contributed by atoms with E-state index in [2.05, 4.69) is 28.8 Å². The fourth-order valence-electron chi connectivity index (χ4n) is 3.14. The Hall–Kier alpha value is -2.49. The third-order valence-electron chi connectivity index (χ3n) is 4.28. The highest BCUT2D eigenvalue weighted by Crippen LogP contribution is 2.30. The van der Waals surface area contributed by atoms with Gasteiger partial charge in [-0.15, -0.1) is 0 Å². The second kappa shape index (κ2) is 6.73. The van der Waals surface area contributed by atoms with Gasteiger partial charge >= 0.3 is 6.03 Å². The van der Waals surface area contributed by atoms with Gasteiger partial charge in [0, 0.05) is 0 Å². The van der Waals surface area contributed by atoms with Gasteiger partial charge in [0.2, 0.25) is 0 Å². The lowest BCUT2D eigenvalue weighted by Crippen LogP contribution is -2.34. The molecule has 0 fully saturated rings. The highest BCUT2D eigenvalue weighted by Gasteiger charge is 2.21. The standard InChI is InChI=1S/C19H22N2O2/c1-13-10-11-18(23-2)17(12-13)21-19(22)20-16-9-5-7-14-6-3-4-8-15(14)16/h3-4,6,8,10-12,16H,5,7,9H2,1-2H3,(H2,20,21,22)/t16-/m1/s1. The molecular weight excluding hydrogens is 288 g/mol. The van der Waals surface area contributed by atoms with E-state index in [1.165, 1.54) is 11.1 Å². The number of hydrogen-bond donors (Lipinski definition) is 2. The summed E-state index contributed by atoms with van der Waals surface area (Å²) in [5, 5.41) is 5.99. The van der Waals surface area contributed by atoms with E-state index in [9.17, 15) is 4.79 Å². The van der Waals surface area contributed by atoms with Crippen molar-refractivity contribution in [1.82, 2.24) is 5.32 Å². The first-order valence-corrected chi connectivity index (χ1v) is 7.97. The maximum atomic E-state index is 12.4. The lowest BCUT2D eigenvalue weighted by molar-refractivity contribution is 0.247. The molecule has 2 amide bonds. The number of urea groups is 1. The molecule has 1 aliphatic carbocycles. The summed E-state index contributed by atoms with van der Waals surface area (Å²) >= 11 is 0. The van der Waals surface area contributed by atoms with Gasteiger partial charge in [0.15, 0.2) is 0 Å². The van der Waals surface area contributed by atoms with E-state index >= 15 is 0 Å². The molecule has 0 bridgehead atoms. The van der Waals surface area contributed by atoms with Crippen molar-refractivity contribution in [2.45, 2.75) is 32.2 Å². The van der Waals surface area contributed by atoms with Crippen molar-refractivity contribution in [2.24, 2.45) is 0 Å². The molecule has 23 heavy (non-hydrogen) atoms. The summed E-state index contributed by atoms with van der Waals surface area (Å²) in [4.78, 5) is 12.4. The third kappa shape index (κ3) is 3.47. The first-order chi connectivity index (χ1) is 11.2. The molecule has 4 heteroatoms. The Morgan fingerprint density at radius 2 is 2.04 bits per heavy atom. The van der Waals surface area contributed by atoms with Gasteiger partial charge in [-0.05, 0) is 55.0 Å². The fourth-order valence-corrected chi connectivity index (χ4v) is 3.14. The van der Waals surface area contributed by atoms with Gasteiger partial charge < -0.3 is 15.4 Å². The van der Waals surface area contributed by atoms with E-state index in [4.69, 9.17) is 4.74 Å². The van der Waals surface area contributed by atoms with Crippen LogP contribution in [0.4, 0.5) is 10.5 Å². The molecule has 2 N–H and O–H groups in total. The number of nitrogens with one attached hydrogen (secondary N) is 2. The number of carbonyl (C=O) groups excluding carboxylic acids is 1. The topological polar surface area (TPSA) is 50.4 Å². The molecule has 0 aliphatic heterocycles. The molecule has 0 aromatic heterocycles. The molecule has 3 rings (SSSR count). The third-order valence-corrected chi connectivity index (χ3v) is 4.28. The molecule has 0 radical (unpaired) electrons. The molecule has 2 aromatic carbocycles. The van der Waals surface area contributed by atoms with Gasteiger partial charge in [-0.1, -0.05) is 30.3 Å². The fraction of sp³-hybridized carbons (Fsp3) is 0.316. The molecule has 120 valence electrons. The highest BCUT2D eigenvalue weighted by atomic mass is 16.5. The Bertz CT molecular complexity index is 712. The van der Waals surface area contributed by atoms with Gasteiger partial charge in [0.25, 0.3) is 0 Å². The summed E-state index contributed by atoms with van der Waals surface area (Å²) in [5.74, 6) is 0.662. The summed E-state index contributed by atoms with van der Waals surface area (Å²) in [7, 11) is 1.60. The number of rotatable bonds is 3. The van der Waals surface area contributed by atoms with Crippen LogP contribution in [0.3, 0.4) is 0 Å². The minimum absolute atomic E-state index is 0.0655. The van der Waals surface area contributed by atoms with E-state index < -0.39 is 0 Å². The largest absolute Gasteiger partial charge is 0.495 e. The molecule has 2 aromatic rings. The summed E-state index contributed by atoms with van der Waals surface area (Å²) in [6.07, 6.45) is 3.15. The molecule has 0 saturated carbocycles. The summed E-state index contributed by atoms with van der Waals surface area (Å²) in [5.41, 5.74) is 4.32. The number of carbonyl (C=O) groups is 1. The minimum atomic E-state index is -0.199. The first-order valence-electron chi connectivity index (χ1n) is 7.97. The van der Waals surface area contributed by atoms with Crippen LogP contribution in [0.25, 0.3) is 0 Å². The number of ether oxygens (including phenoxy) is 1. The predicted octanol–water partition coefficient (Wildman–Crippen LogP) is 4.20. The lowest BCUT2D eigenvalue weighted by Gasteiger charge is -2.26. The van der Waals surface area contributed by atoms with Crippen LogP contribution in [-0.2, 0) is 6.42 Å². The highest BCUT2D eigenvalue weighted by molar-refractivity contribution is 5.91. The van der Waals surface area contributed by atoms with Crippen molar-refractivity contribution < 1.29 is 9.53 Å². The summed E-state index contributed by atoms with van der Waals surface area (Å²) < 4.78 is 5.30. The number of amides is 2. The molecule has 1 atom stereocenters. The van der Waals surface area contributed by atoms with Crippen molar-refractivity contribution in [3.05, 3.63) is 59.2 Å². The molecule has 0 unspecified atom stereocenters. The molecular formula is C19H22N2O2. The second-order valence-electron chi connectivity index (χ2n) is 5.95. The smallest absolute Gasteiger partial charge is 0.319 e. The van der Waals surface area contributed by atoms with E-state index in [0.717, 1.165) is 24.8 Å². The Morgan fingerprint density at radius 3 is 2.87 bits per heavy atom. The number of benzene rings is 2. The second-order valence-corrected chi connectivity index (χ2v) is 5.95. The van der Waals surface area contributed by atoms with Gasteiger partial charge in [0.1, 0.15) is 5.75 Å². The monoisotopic (exact) mass is 310 g/mol. The van der Waals surface area contributed by atoms with Crippen LogP contribution in [0.2, 0.25) is 0 Å². The average Bonchev–Trinajstić information content (AvgIpc) is 2.55. The maximum Gasteiger partial charge on any atom is 0.319 e. The molecule has 0 saturated heterocycles. The van der Waals surface area contributed by atoms with Gasteiger partial charge in [0.05, 0.1) is 18.8 Å². The molecule has 4 nitrogen and oxygen atoms in total. The van der Waals surface area contributed by atoms with Crippen LogP contribution in [0, 0.1) is 6.92 Å². The normalized spacial score (nSPS) is 16.3.